The molecule has 2 rings (SSSR count). The van der Waals surface area contributed by atoms with Crippen molar-refractivity contribution in [2.75, 3.05) is 18.4 Å². The van der Waals surface area contributed by atoms with Crippen LogP contribution in [0.3, 0.4) is 0 Å². The van der Waals surface area contributed by atoms with Gasteiger partial charge in [-0.1, -0.05) is 0 Å². The number of rotatable bonds is 3. The van der Waals surface area contributed by atoms with E-state index < -0.39 is 5.97 Å². The van der Waals surface area contributed by atoms with Gasteiger partial charge >= 0.3 is 12.0 Å². The van der Waals surface area contributed by atoms with Crippen molar-refractivity contribution in [2.45, 2.75) is 26.2 Å². The van der Waals surface area contributed by atoms with Gasteiger partial charge in [0.15, 0.2) is 5.13 Å². The zero-order valence-corrected chi connectivity index (χ0v) is 11.6. The number of aliphatic carboxylic acids is 1. The molecule has 1 aliphatic heterocycles. The lowest BCUT2D eigenvalue weighted by Crippen LogP contribution is -2.42. The van der Waals surface area contributed by atoms with Crippen LogP contribution in [0.5, 0.6) is 0 Å². The maximum absolute atomic E-state index is 12.0. The minimum Gasteiger partial charge on any atom is -0.481 e. The molecule has 19 heavy (non-hydrogen) atoms. The first kappa shape index (κ1) is 13.8. The first-order valence-corrected chi connectivity index (χ1v) is 7.06. The van der Waals surface area contributed by atoms with Crippen molar-refractivity contribution in [3.8, 4) is 0 Å². The smallest absolute Gasteiger partial charge is 0.323 e. The number of aryl methyl sites for hydroxylation is 1. The Balaban J connectivity index is 1.89. The van der Waals surface area contributed by atoms with Gasteiger partial charge in [0.05, 0.1) is 0 Å². The number of likely N-dealkylation sites (tertiary alicyclic amines) is 1. The third-order valence-corrected chi connectivity index (χ3v) is 3.93. The molecule has 7 heteroatoms. The SMILES string of the molecule is Cc1cnc(NC(=O)N2CCCC(CC(=O)O)C2)s1. The zero-order chi connectivity index (χ0) is 13.8. The molecule has 0 aromatic carbocycles. The van der Waals surface area contributed by atoms with Crippen LogP contribution in [0.2, 0.25) is 0 Å². The lowest BCUT2D eigenvalue weighted by Gasteiger charge is -2.31. The fourth-order valence-corrected chi connectivity index (χ4v) is 2.90. The number of thiazole rings is 1. The molecule has 1 saturated heterocycles. The number of carboxylic acid groups (broad SMARTS) is 1. The van der Waals surface area contributed by atoms with Crippen molar-refractivity contribution in [1.29, 1.82) is 0 Å². The topological polar surface area (TPSA) is 82.5 Å². The zero-order valence-electron chi connectivity index (χ0n) is 10.8. The Hall–Kier alpha value is -1.63. The van der Waals surface area contributed by atoms with Crippen molar-refractivity contribution in [3.05, 3.63) is 11.1 Å². The number of piperidine rings is 1. The van der Waals surface area contributed by atoms with Crippen molar-refractivity contribution in [1.82, 2.24) is 9.88 Å². The molecule has 0 radical (unpaired) electrons. The van der Waals surface area contributed by atoms with Gasteiger partial charge in [0.2, 0.25) is 0 Å². The maximum atomic E-state index is 12.0. The Labute approximate surface area is 115 Å². The second-order valence-electron chi connectivity index (χ2n) is 4.76. The number of hydrogen-bond acceptors (Lipinski definition) is 4. The fourth-order valence-electron chi connectivity index (χ4n) is 2.25. The highest BCUT2D eigenvalue weighted by molar-refractivity contribution is 7.15. The average Bonchev–Trinajstić information content (AvgIpc) is 2.74. The second kappa shape index (κ2) is 6.01. The van der Waals surface area contributed by atoms with E-state index >= 15 is 0 Å². The molecule has 1 fully saturated rings. The van der Waals surface area contributed by atoms with Crippen LogP contribution in [0.15, 0.2) is 6.20 Å². The molecule has 1 unspecified atom stereocenters. The highest BCUT2D eigenvalue weighted by Crippen LogP contribution is 2.21. The monoisotopic (exact) mass is 283 g/mol. The van der Waals surface area contributed by atoms with Gasteiger partial charge in [-0.15, -0.1) is 11.3 Å². The van der Waals surface area contributed by atoms with Crippen LogP contribution >= 0.6 is 11.3 Å². The number of carboxylic acids is 1. The summed E-state index contributed by atoms with van der Waals surface area (Å²) in [6.45, 7) is 3.10. The molecule has 0 spiro atoms. The molecule has 1 aromatic rings. The Morgan fingerprint density at radius 2 is 2.42 bits per heavy atom. The molecule has 1 atom stereocenters. The molecule has 2 N–H and O–H groups in total. The van der Waals surface area contributed by atoms with E-state index in [1.165, 1.54) is 11.3 Å². The van der Waals surface area contributed by atoms with Crippen molar-refractivity contribution >= 4 is 28.5 Å². The van der Waals surface area contributed by atoms with E-state index in [0.29, 0.717) is 18.2 Å². The lowest BCUT2D eigenvalue weighted by molar-refractivity contribution is -0.138. The minimum atomic E-state index is -0.803. The number of amides is 2. The van der Waals surface area contributed by atoms with Gasteiger partial charge in [-0.2, -0.15) is 0 Å². The van der Waals surface area contributed by atoms with Crippen LogP contribution in [-0.4, -0.2) is 40.1 Å². The molecular weight excluding hydrogens is 266 g/mol. The summed E-state index contributed by atoms with van der Waals surface area (Å²) in [6.07, 6.45) is 3.55. The molecule has 1 aromatic heterocycles. The third kappa shape index (κ3) is 3.92. The molecule has 0 bridgehead atoms. The van der Waals surface area contributed by atoms with Crippen LogP contribution in [0, 0.1) is 12.8 Å². The number of nitrogens with zero attached hydrogens (tertiary/aromatic N) is 2. The molecule has 0 aliphatic carbocycles. The van der Waals surface area contributed by atoms with Gasteiger partial charge in [-0.25, -0.2) is 9.78 Å². The number of carbonyl (C=O) groups excluding carboxylic acids is 1. The molecule has 6 nitrogen and oxygen atoms in total. The predicted molar refractivity (Wildman–Crippen MR) is 72.4 cm³/mol. The quantitative estimate of drug-likeness (QED) is 0.890. The minimum absolute atomic E-state index is 0.0510. The van der Waals surface area contributed by atoms with Gasteiger partial charge in [0.25, 0.3) is 0 Å². The molecule has 104 valence electrons. The molecule has 2 amide bonds. The Morgan fingerprint density at radius 3 is 3.05 bits per heavy atom. The van der Waals surface area contributed by atoms with E-state index in [0.717, 1.165) is 17.7 Å². The van der Waals surface area contributed by atoms with Gasteiger partial charge in [0.1, 0.15) is 0 Å². The van der Waals surface area contributed by atoms with Crippen LogP contribution in [-0.2, 0) is 4.79 Å². The van der Waals surface area contributed by atoms with Gasteiger partial charge in [-0.05, 0) is 25.7 Å². The number of anilines is 1. The van der Waals surface area contributed by atoms with Crippen molar-refractivity contribution < 1.29 is 14.7 Å². The standard InChI is InChI=1S/C12H17N3O3S/c1-8-6-13-11(19-8)14-12(18)15-4-2-3-9(7-15)5-10(16)17/h6,9H,2-5,7H2,1H3,(H,16,17)(H,13,14,18). The predicted octanol–water partition coefficient (Wildman–Crippen LogP) is 2.17. The van der Waals surface area contributed by atoms with Crippen LogP contribution in [0.4, 0.5) is 9.93 Å². The van der Waals surface area contributed by atoms with Gasteiger partial charge in [-0.3, -0.25) is 10.1 Å². The molecule has 0 saturated carbocycles. The number of urea groups is 1. The summed E-state index contributed by atoms with van der Waals surface area (Å²) < 4.78 is 0. The summed E-state index contributed by atoms with van der Waals surface area (Å²) in [5.74, 6) is -0.752. The first-order chi connectivity index (χ1) is 9.04. The molecule has 1 aliphatic rings. The maximum Gasteiger partial charge on any atom is 0.323 e. The molecule has 2 heterocycles. The van der Waals surface area contributed by atoms with Crippen LogP contribution in [0.1, 0.15) is 24.1 Å². The van der Waals surface area contributed by atoms with E-state index in [9.17, 15) is 9.59 Å². The summed E-state index contributed by atoms with van der Waals surface area (Å²) in [5.41, 5.74) is 0. The summed E-state index contributed by atoms with van der Waals surface area (Å²) in [5, 5.41) is 12.1. The Bertz CT molecular complexity index is 475. The second-order valence-corrected chi connectivity index (χ2v) is 5.99. The summed E-state index contributed by atoms with van der Waals surface area (Å²) in [4.78, 5) is 29.6. The number of nitrogens with one attached hydrogen (secondary N) is 1. The lowest BCUT2D eigenvalue weighted by atomic mass is 9.95. The number of aromatic nitrogens is 1. The number of hydrogen-bond donors (Lipinski definition) is 2. The van der Waals surface area contributed by atoms with E-state index in [-0.39, 0.29) is 18.4 Å². The van der Waals surface area contributed by atoms with E-state index in [1.807, 2.05) is 6.92 Å². The van der Waals surface area contributed by atoms with E-state index in [2.05, 4.69) is 10.3 Å². The van der Waals surface area contributed by atoms with E-state index in [1.54, 1.807) is 11.1 Å². The largest absolute Gasteiger partial charge is 0.481 e. The van der Waals surface area contributed by atoms with Gasteiger partial charge < -0.3 is 10.0 Å². The summed E-state index contributed by atoms with van der Waals surface area (Å²) in [6, 6.07) is -0.190. The van der Waals surface area contributed by atoms with Crippen molar-refractivity contribution in [3.63, 3.8) is 0 Å². The summed E-state index contributed by atoms with van der Waals surface area (Å²) >= 11 is 1.43. The Kier molecular flexibility index (Phi) is 4.36. The average molecular weight is 283 g/mol. The van der Waals surface area contributed by atoms with E-state index in [4.69, 9.17) is 5.11 Å². The van der Waals surface area contributed by atoms with Crippen LogP contribution in [0.25, 0.3) is 0 Å². The van der Waals surface area contributed by atoms with Crippen molar-refractivity contribution in [2.24, 2.45) is 5.92 Å². The highest BCUT2D eigenvalue weighted by atomic mass is 32.1. The number of carbonyl (C=O) groups is 2. The Morgan fingerprint density at radius 1 is 1.63 bits per heavy atom. The normalized spacial score (nSPS) is 19.2. The summed E-state index contributed by atoms with van der Waals surface area (Å²) in [7, 11) is 0. The first-order valence-electron chi connectivity index (χ1n) is 6.24. The van der Waals surface area contributed by atoms with Gasteiger partial charge in [0, 0.05) is 30.6 Å². The van der Waals surface area contributed by atoms with Crippen LogP contribution < -0.4 is 5.32 Å². The molecular formula is C12H17N3O3S. The fraction of sp³-hybridized carbons (Fsp3) is 0.583. The third-order valence-electron chi connectivity index (χ3n) is 3.10. The highest BCUT2D eigenvalue weighted by Gasteiger charge is 2.25.